The number of rotatable bonds is 9. The Kier molecular flexibility index (Phi) is 7.40. The van der Waals surface area contributed by atoms with Gasteiger partial charge in [0.2, 0.25) is 5.76 Å². The van der Waals surface area contributed by atoms with E-state index in [0.717, 1.165) is 11.1 Å². The molecule has 196 valence electrons. The Morgan fingerprint density at radius 1 is 0.974 bits per heavy atom. The first kappa shape index (κ1) is 25.8. The second kappa shape index (κ2) is 10.9. The van der Waals surface area contributed by atoms with E-state index in [1.54, 1.807) is 29.2 Å². The van der Waals surface area contributed by atoms with Crippen molar-refractivity contribution in [3.8, 4) is 11.5 Å². The van der Waals surface area contributed by atoms with Crippen LogP contribution in [0, 0.1) is 0 Å². The molecule has 0 radical (unpaired) electrons. The summed E-state index contributed by atoms with van der Waals surface area (Å²) in [5, 5.41) is 1.07. The Morgan fingerprint density at radius 3 is 2.50 bits per heavy atom. The monoisotopic (exact) mass is 532 g/mol. The molecule has 7 nitrogen and oxygen atoms in total. The van der Waals surface area contributed by atoms with Gasteiger partial charge in [-0.25, -0.2) is 0 Å². The molecule has 5 rings (SSSR count). The van der Waals surface area contributed by atoms with Crippen molar-refractivity contribution in [3.05, 3.63) is 104 Å². The zero-order chi connectivity index (χ0) is 26.8. The SMILES string of the molecule is CCOc1cc(C2c3c(oc4ccccc4c3=O)C(=O)N2CCN(C)C)ccc1OCc1ccccc1Cl. The number of hydrogen-bond acceptors (Lipinski definition) is 6. The topological polar surface area (TPSA) is 72.2 Å². The van der Waals surface area contributed by atoms with Crippen LogP contribution in [0.3, 0.4) is 0 Å². The third-order valence-electron chi connectivity index (χ3n) is 6.59. The van der Waals surface area contributed by atoms with E-state index in [2.05, 4.69) is 0 Å². The molecule has 1 unspecified atom stereocenters. The van der Waals surface area contributed by atoms with Gasteiger partial charge in [-0.15, -0.1) is 0 Å². The number of hydrogen-bond donors (Lipinski definition) is 0. The number of likely N-dealkylation sites (N-methyl/N-ethyl adjacent to an activating group) is 1. The molecule has 0 spiro atoms. The van der Waals surface area contributed by atoms with Crippen LogP contribution in [0.5, 0.6) is 11.5 Å². The van der Waals surface area contributed by atoms with Gasteiger partial charge in [0.05, 0.1) is 23.6 Å². The molecule has 3 aromatic carbocycles. The number of halogens is 1. The highest BCUT2D eigenvalue weighted by Crippen LogP contribution is 2.41. The maximum absolute atomic E-state index is 13.7. The fourth-order valence-electron chi connectivity index (χ4n) is 4.71. The summed E-state index contributed by atoms with van der Waals surface area (Å²) in [7, 11) is 3.89. The van der Waals surface area contributed by atoms with Crippen molar-refractivity contribution in [2.75, 3.05) is 33.8 Å². The van der Waals surface area contributed by atoms with Crippen molar-refractivity contribution >= 4 is 28.5 Å². The summed E-state index contributed by atoms with van der Waals surface area (Å²) >= 11 is 6.30. The molecule has 0 saturated heterocycles. The van der Waals surface area contributed by atoms with E-state index >= 15 is 0 Å². The summed E-state index contributed by atoms with van der Waals surface area (Å²) in [4.78, 5) is 30.9. The molecule has 4 aromatic rings. The maximum Gasteiger partial charge on any atom is 0.290 e. The van der Waals surface area contributed by atoms with Gasteiger partial charge in [0.1, 0.15) is 12.2 Å². The second-order valence-corrected chi connectivity index (χ2v) is 9.80. The lowest BCUT2D eigenvalue weighted by molar-refractivity contribution is 0.0716. The summed E-state index contributed by atoms with van der Waals surface area (Å²) in [6, 6.07) is 19.4. The fraction of sp³-hybridized carbons (Fsp3) is 0.267. The van der Waals surface area contributed by atoms with Crippen LogP contribution in [0.15, 0.2) is 75.9 Å². The third kappa shape index (κ3) is 4.87. The maximum atomic E-state index is 13.7. The second-order valence-electron chi connectivity index (χ2n) is 9.39. The molecule has 8 heteroatoms. The highest BCUT2D eigenvalue weighted by molar-refractivity contribution is 6.31. The Balaban J connectivity index is 1.58. The molecule has 38 heavy (non-hydrogen) atoms. The van der Waals surface area contributed by atoms with Gasteiger partial charge in [-0.3, -0.25) is 9.59 Å². The van der Waals surface area contributed by atoms with E-state index in [1.165, 1.54) is 0 Å². The van der Waals surface area contributed by atoms with Crippen LogP contribution < -0.4 is 14.9 Å². The molecule has 0 aliphatic carbocycles. The van der Waals surface area contributed by atoms with Crippen molar-refractivity contribution in [2.45, 2.75) is 19.6 Å². The zero-order valence-corrected chi connectivity index (χ0v) is 22.3. The van der Waals surface area contributed by atoms with Gasteiger partial charge in [-0.2, -0.15) is 0 Å². The lowest BCUT2D eigenvalue weighted by atomic mass is 9.98. The van der Waals surface area contributed by atoms with Gasteiger partial charge in [0.15, 0.2) is 16.9 Å². The zero-order valence-electron chi connectivity index (χ0n) is 21.6. The lowest BCUT2D eigenvalue weighted by Crippen LogP contribution is -2.35. The van der Waals surface area contributed by atoms with Gasteiger partial charge in [-0.05, 0) is 56.9 Å². The van der Waals surface area contributed by atoms with Gasteiger partial charge >= 0.3 is 0 Å². The van der Waals surface area contributed by atoms with E-state index in [9.17, 15) is 9.59 Å². The van der Waals surface area contributed by atoms with E-state index in [-0.39, 0.29) is 23.7 Å². The Hall–Kier alpha value is -3.81. The van der Waals surface area contributed by atoms with Crippen LogP contribution >= 0.6 is 11.6 Å². The predicted octanol–water partition coefficient (Wildman–Crippen LogP) is 5.53. The third-order valence-corrected chi connectivity index (χ3v) is 6.95. The highest BCUT2D eigenvalue weighted by Gasteiger charge is 2.42. The summed E-state index contributed by atoms with van der Waals surface area (Å²) in [6.07, 6.45) is 0. The molecular formula is C30H29ClN2O5. The Bertz CT molecular complexity index is 1550. The van der Waals surface area contributed by atoms with Crippen LogP contribution in [0.4, 0.5) is 0 Å². The predicted molar refractivity (Wildman–Crippen MR) is 147 cm³/mol. The number of fused-ring (bicyclic) bond motifs is 2. The minimum absolute atomic E-state index is 0.0921. The summed E-state index contributed by atoms with van der Waals surface area (Å²) < 4.78 is 18.0. The Morgan fingerprint density at radius 2 is 1.74 bits per heavy atom. The van der Waals surface area contributed by atoms with Gasteiger partial charge in [0, 0.05) is 23.7 Å². The molecule has 1 aliphatic heterocycles. The van der Waals surface area contributed by atoms with E-state index in [4.69, 9.17) is 25.5 Å². The Labute approximate surface area is 226 Å². The first-order valence-corrected chi connectivity index (χ1v) is 12.9. The fourth-order valence-corrected chi connectivity index (χ4v) is 4.90. The van der Waals surface area contributed by atoms with E-state index < -0.39 is 6.04 Å². The van der Waals surface area contributed by atoms with E-state index in [1.807, 2.05) is 68.4 Å². The number of benzene rings is 3. The molecule has 1 atom stereocenters. The molecule has 0 N–H and O–H groups in total. The molecule has 0 bridgehead atoms. The van der Waals surface area contributed by atoms with E-state index in [0.29, 0.717) is 52.8 Å². The summed E-state index contributed by atoms with van der Waals surface area (Å²) in [5.74, 6) is 0.863. The molecular weight excluding hydrogens is 504 g/mol. The lowest BCUT2D eigenvalue weighted by Gasteiger charge is -2.27. The standard InChI is InChI=1S/C30H29ClN2O5/c1-4-36-25-17-19(13-14-24(25)37-18-20-9-5-7-11-22(20)31)27-26-28(34)21-10-6-8-12-23(21)38-29(26)30(35)33(27)16-15-32(2)3/h5-14,17,27H,4,15-16,18H2,1-3H3. The quantitative estimate of drug-likeness (QED) is 0.282. The minimum Gasteiger partial charge on any atom is -0.490 e. The van der Waals surface area contributed by atoms with Crippen LogP contribution in [0.1, 0.15) is 40.2 Å². The number of carbonyl (C=O) groups is 1. The molecule has 1 aromatic heterocycles. The van der Waals surface area contributed by atoms with Crippen LogP contribution in [-0.4, -0.2) is 49.5 Å². The van der Waals surface area contributed by atoms with Crippen molar-refractivity contribution in [1.29, 1.82) is 0 Å². The van der Waals surface area contributed by atoms with Crippen molar-refractivity contribution in [1.82, 2.24) is 9.80 Å². The van der Waals surface area contributed by atoms with Crippen molar-refractivity contribution < 1.29 is 18.7 Å². The number of amides is 1. The van der Waals surface area contributed by atoms with Crippen LogP contribution in [0.25, 0.3) is 11.0 Å². The molecule has 2 heterocycles. The average Bonchev–Trinajstić information content (AvgIpc) is 3.19. The minimum atomic E-state index is -0.616. The first-order valence-electron chi connectivity index (χ1n) is 12.5. The van der Waals surface area contributed by atoms with Crippen molar-refractivity contribution in [3.63, 3.8) is 0 Å². The van der Waals surface area contributed by atoms with Gasteiger partial charge in [0.25, 0.3) is 5.91 Å². The molecule has 1 aliphatic rings. The summed E-state index contributed by atoms with van der Waals surface area (Å²) in [6.45, 7) is 3.63. The molecule has 0 fully saturated rings. The average molecular weight is 533 g/mol. The number of para-hydroxylation sites is 1. The number of ether oxygens (including phenoxy) is 2. The largest absolute Gasteiger partial charge is 0.490 e. The first-order chi connectivity index (χ1) is 18.4. The normalized spacial score (nSPS) is 14.8. The number of carbonyl (C=O) groups excluding carboxylic acids is 1. The summed E-state index contributed by atoms with van der Waals surface area (Å²) in [5.41, 5.74) is 2.14. The molecule has 1 amide bonds. The van der Waals surface area contributed by atoms with Crippen molar-refractivity contribution in [2.24, 2.45) is 0 Å². The van der Waals surface area contributed by atoms with Crippen LogP contribution in [0.2, 0.25) is 5.02 Å². The molecule has 0 saturated carbocycles. The smallest absolute Gasteiger partial charge is 0.290 e. The van der Waals surface area contributed by atoms with Crippen LogP contribution in [-0.2, 0) is 6.61 Å². The number of nitrogens with zero attached hydrogens (tertiary/aromatic N) is 2. The van der Waals surface area contributed by atoms with Gasteiger partial charge in [-0.1, -0.05) is 48.0 Å². The van der Waals surface area contributed by atoms with Gasteiger partial charge < -0.3 is 23.7 Å². The highest BCUT2D eigenvalue weighted by atomic mass is 35.5.